The van der Waals surface area contributed by atoms with E-state index in [9.17, 15) is 19.2 Å². The summed E-state index contributed by atoms with van der Waals surface area (Å²) in [5, 5.41) is 13.1. The summed E-state index contributed by atoms with van der Waals surface area (Å²) < 4.78 is 0. The largest absolute Gasteiger partial charge is 0.480 e. The van der Waals surface area contributed by atoms with Crippen molar-refractivity contribution >= 4 is 23.7 Å². The van der Waals surface area contributed by atoms with Crippen LogP contribution in [0.5, 0.6) is 0 Å². The van der Waals surface area contributed by atoms with E-state index in [1.807, 2.05) is 0 Å². The molecular weight excluding hydrogens is 280 g/mol. The summed E-state index contributed by atoms with van der Waals surface area (Å²) in [5.41, 5.74) is 10.6. The van der Waals surface area contributed by atoms with E-state index >= 15 is 0 Å². The van der Waals surface area contributed by atoms with Gasteiger partial charge < -0.3 is 27.2 Å². The van der Waals surface area contributed by atoms with Crippen LogP contribution in [0.1, 0.15) is 26.7 Å². The van der Waals surface area contributed by atoms with E-state index < -0.39 is 42.3 Å². The highest BCUT2D eigenvalue weighted by atomic mass is 16.4. The second-order valence-electron chi connectivity index (χ2n) is 4.95. The van der Waals surface area contributed by atoms with E-state index in [1.54, 1.807) is 13.8 Å². The van der Waals surface area contributed by atoms with Crippen molar-refractivity contribution in [3.05, 3.63) is 0 Å². The molecule has 0 aliphatic rings. The van der Waals surface area contributed by atoms with Crippen LogP contribution in [0.15, 0.2) is 0 Å². The lowest BCUT2D eigenvalue weighted by Crippen LogP contribution is -2.54. The number of hydrogen-bond acceptors (Lipinski definition) is 5. The summed E-state index contributed by atoms with van der Waals surface area (Å²) in [4.78, 5) is 44.7. The van der Waals surface area contributed by atoms with Gasteiger partial charge in [0.2, 0.25) is 17.7 Å². The summed E-state index contributed by atoms with van der Waals surface area (Å²) in [7, 11) is 0. The van der Waals surface area contributed by atoms with Crippen LogP contribution in [-0.2, 0) is 19.2 Å². The second-order valence-corrected chi connectivity index (χ2v) is 4.95. The van der Waals surface area contributed by atoms with Crippen molar-refractivity contribution in [3.8, 4) is 0 Å². The predicted molar refractivity (Wildman–Crippen MR) is 73.8 cm³/mol. The molecule has 0 aliphatic heterocycles. The first-order valence-electron chi connectivity index (χ1n) is 6.49. The van der Waals surface area contributed by atoms with E-state index in [-0.39, 0.29) is 18.8 Å². The van der Waals surface area contributed by atoms with Crippen LogP contribution in [0.2, 0.25) is 0 Å². The van der Waals surface area contributed by atoms with Crippen molar-refractivity contribution in [1.29, 1.82) is 0 Å². The Hall–Kier alpha value is -2.16. The fourth-order valence-corrected chi connectivity index (χ4v) is 1.50. The smallest absolute Gasteiger partial charge is 0.322 e. The summed E-state index contributed by atoms with van der Waals surface area (Å²) in [6, 6.07) is -1.87. The number of aliphatic carboxylic acids is 1. The number of carboxylic acid groups (broad SMARTS) is 1. The molecule has 9 nitrogen and oxygen atoms in total. The Morgan fingerprint density at radius 1 is 1.14 bits per heavy atom. The normalized spacial score (nSPS) is 13.3. The summed E-state index contributed by atoms with van der Waals surface area (Å²) in [6.45, 7) is 2.85. The molecule has 0 heterocycles. The van der Waals surface area contributed by atoms with E-state index in [2.05, 4.69) is 10.6 Å². The maximum Gasteiger partial charge on any atom is 0.322 e. The molecule has 0 aromatic heterocycles. The number of carboxylic acids is 1. The minimum absolute atomic E-state index is 0.0356. The third-order valence-corrected chi connectivity index (χ3v) is 2.70. The number of nitrogens with two attached hydrogens (primary N) is 2. The number of carbonyl (C=O) groups excluding carboxylic acids is 3. The lowest BCUT2D eigenvalue weighted by atomic mass is 10.0. The van der Waals surface area contributed by atoms with Gasteiger partial charge in [0.1, 0.15) is 12.6 Å². The predicted octanol–water partition coefficient (Wildman–Crippen LogP) is -2.08. The van der Waals surface area contributed by atoms with Gasteiger partial charge in [-0.1, -0.05) is 13.8 Å². The van der Waals surface area contributed by atoms with Crippen molar-refractivity contribution in [3.63, 3.8) is 0 Å². The lowest BCUT2D eigenvalue weighted by Gasteiger charge is -2.23. The first kappa shape index (κ1) is 18.8. The minimum atomic E-state index is -1.18. The maximum atomic E-state index is 11.8. The molecule has 0 aromatic carbocycles. The van der Waals surface area contributed by atoms with E-state index in [4.69, 9.17) is 16.6 Å². The number of hydrogen-bond donors (Lipinski definition) is 5. The van der Waals surface area contributed by atoms with Gasteiger partial charge >= 0.3 is 5.97 Å². The van der Waals surface area contributed by atoms with E-state index in [0.717, 1.165) is 0 Å². The van der Waals surface area contributed by atoms with Crippen LogP contribution in [-0.4, -0.2) is 47.4 Å². The molecule has 9 heteroatoms. The molecule has 0 bridgehead atoms. The van der Waals surface area contributed by atoms with Crippen LogP contribution >= 0.6 is 0 Å². The van der Waals surface area contributed by atoms with Gasteiger partial charge in [-0.15, -0.1) is 0 Å². The Kier molecular flexibility index (Phi) is 7.99. The van der Waals surface area contributed by atoms with Gasteiger partial charge in [-0.2, -0.15) is 0 Å². The summed E-state index contributed by atoms with van der Waals surface area (Å²) >= 11 is 0. The Bertz CT molecular complexity index is 410. The molecule has 0 aromatic rings. The van der Waals surface area contributed by atoms with Gasteiger partial charge in [-0.25, -0.2) is 0 Å². The standard InChI is InChI=1S/C12H22N4O5/c1-6(2)10(12(21)15-5-9(18)19)16-11(20)7(13)3-4-8(14)17/h6-7,10H,3-5,13H2,1-2H3,(H2,14,17)(H,15,21)(H,16,20)(H,18,19)/t7-,10-/m0/s1. The van der Waals surface area contributed by atoms with Crippen molar-refractivity contribution in [2.24, 2.45) is 17.4 Å². The summed E-state index contributed by atoms with van der Waals surface area (Å²) in [5.74, 6) is -3.22. The van der Waals surface area contributed by atoms with Crippen LogP contribution in [0, 0.1) is 5.92 Å². The second kappa shape index (κ2) is 8.90. The third kappa shape index (κ3) is 7.88. The van der Waals surface area contributed by atoms with Crippen molar-refractivity contribution in [2.45, 2.75) is 38.8 Å². The fraction of sp³-hybridized carbons (Fsp3) is 0.667. The molecule has 0 radical (unpaired) electrons. The molecule has 0 saturated carbocycles. The van der Waals surface area contributed by atoms with Gasteiger partial charge in [-0.3, -0.25) is 19.2 Å². The first-order valence-corrected chi connectivity index (χ1v) is 6.49. The van der Waals surface area contributed by atoms with Gasteiger partial charge in [0.25, 0.3) is 0 Å². The molecule has 0 unspecified atom stereocenters. The number of nitrogens with one attached hydrogen (secondary N) is 2. The molecular formula is C12H22N4O5. The van der Waals surface area contributed by atoms with Crippen molar-refractivity contribution < 1.29 is 24.3 Å². The molecule has 0 saturated heterocycles. The van der Waals surface area contributed by atoms with Gasteiger partial charge in [0.15, 0.2) is 0 Å². The van der Waals surface area contributed by atoms with Gasteiger partial charge in [-0.05, 0) is 12.3 Å². The van der Waals surface area contributed by atoms with E-state index in [0.29, 0.717) is 0 Å². The van der Waals surface area contributed by atoms with Crippen molar-refractivity contribution in [2.75, 3.05) is 6.54 Å². The quantitative estimate of drug-likeness (QED) is 0.328. The fourth-order valence-electron chi connectivity index (χ4n) is 1.50. The average molecular weight is 302 g/mol. The highest BCUT2D eigenvalue weighted by Gasteiger charge is 2.26. The Morgan fingerprint density at radius 2 is 1.71 bits per heavy atom. The number of carbonyl (C=O) groups is 4. The molecule has 0 aliphatic carbocycles. The average Bonchev–Trinajstić information content (AvgIpc) is 2.38. The summed E-state index contributed by atoms with van der Waals surface area (Å²) in [6.07, 6.45) is 0.0366. The molecule has 2 atom stereocenters. The third-order valence-electron chi connectivity index (χ3n) is 2.70. The van der Waals surface area contributed by atoms with E-state index in [1.165, 1.54) is 0 Å². The topological polar surface area (TPSA) is 165 Å². The molecule has 0 fully saturated rings. The highest BCUT2D eigenvalue weighted by molar-refractivity contribution is 5.91. The monoisotopic (exact) mass is 302 g/mol. The molecule has 120 valence electrons. The van der Waals surface area contributed by atoms with Gasteiger partial charge in [0, 0.05) is 6.42 Å². The zero-order chi connectivity index (χ0) is 16.6. The molecule has 21 heavy (non-hydrogen) atoms. The maximum absolute atomic E-state index is 11.8. The Morgan fingerprint density at radius 3 is 2.14 bits per heavy atom. The highest BCUT2D eigenvalue weighted by Crippen LogP contribution is 2.03. The first-order chi connectivity index (χ1) is 9.65. The van der Waals surface area contributed by atoms with Crippen molar-refractivity contribution in [1.82, 2.24) is 10.6 Å². The van der Waals surface area contributed by atoms with Crippen LogP contribution in [0.4, 0.5) is 0 Å². The Balaban J connectivity index is 4.55. The number of primary amides is 1. The molecule has 3 amide bonds. The zero-order valence-electron chi connectivity index (χ0n) is 12.1. The molecule has 7 N–H and O–H groups in total. The number of rotatable bonds is 9. The Labute approximate surface area is 122 Å². The lowest BCUT2D eigenvalue weighted by molar-refractivity contribution is -0.138. The van der Waals surface area contributed by atoms with Crippen LogP contribution < -0.4 is 22.1 Å². The number of amides is 3. The molecule has 0 spiro atoms. The van der Waals surface area contributed by atoms with Crippen LogP contribution in [0.3, 0.4) is 0 Å². The zero-order valence-corrected chi connectivity index (χ0v) is 12.1. The minimum Gasteiger partial charge on any atom is -0.480 e. The van der Waals surface area contributed by atoms with Crippen LogP contribution in [0.25, 0.3) is 0 Å². The van der Waals surface area contributed by atoms with Gasteiger partial charge in [0.05, 0.1) is 6.04 Å². The SMILES string of the molecule is CC(C)[C@H](NC(=O)[C@@H](N)CCC(N)=O)C(=O)NCC(=O)O. The molecule has 0 rings (SSSR count).